The molecule has 18 heavy (non-hydrogen) atoms. The van der Waals surface area contributed by atoms with Crippen molar-refractivity contribution in [2.24, 2.45) is 0 Å². The third-order valence-electron chi connectivity index (χ3n) is 2.49. The molecule has 0 amide bonds. The summed E-state index contributed by atoms with van der Waals surface area (Å²) in [5.74, 6) is 1.40. The zero-order valence-electron chi connectivity index (χ0n) is 10.4. The van der Waals surface area contributed by atoms with Crippen LogP contribution in [0.2, 0.25) is 0 Å². The summed E-state index contributed by atoms with van der Waals surface area (Å²) in [6.45, 7) is 4.11. The fourth-order valence-corrected chi connectivity index (χ4v) is 1.83. The topological polar surface area (TPSA) is 51.5 Å². The molecule has 2 rings (SSSR count). The minimum atomic E-state index is 0.545. The maximum Gasteiger partial charge on any atom is 0.152 e. The van der Waals surface area contributed by atoms with E-state index in [1.165, 1.54) is 0 Å². The van der Waals surface area contributed by atoms with E-state index in [9.17, 15) is 0 Å². The van der Waals surface area contributed by atoms with E-state index in [1.54, 1.807) is 6.20 Å². The SMILES string of the molecule is Cc1cc2c(NCCCOCCCl)nccn2n1. The van der Waals surface area contributed by atoms with E-state index in [-0.39, 0.29) is 0 Å². The number of rotatable bonds is 7. The molecule has 2 aromatic rings. The van der Waals surface area contributed by atoms with Gasteiger partial charge >= 0.3 is 0 Å². The monoisotopic (exact) mass is 268 g/mol. The number of nitrogens with one attached hydrogen (secondary N) is 1. The van der Waals surface area contributed by atoms with Crippen LogP contribution in [-0.2, 0) is 4.74 Å². The molecular weight excluding hydrogens is 252 g/mol. The zero-order chi connectivity index (χ0) is 12.8. The summed E-state index contributed by atoms with van der Waals surface area (Å²) in [6.07, 6.45) is 4.51. The first-order valence-electron chi connectivity index (χ1n) is 6.00. The summed E-state index contributed by atoms with van der Waals surface area (Å²) in [6, 6.07) is 2.01. The second kappa shape index (κ2) is 6.56. The van der Waals surface area contributed by atoms with E-state index in [1.807, 2.05) is 23.7 Å². The Morgan fingerprint density at radius 2 is 2.33 bits per heavy atom. The average Bonchev–Trinajstić information content (AvgIpc) is 2.74. The molecular formula is C12H17ClN4O. The predicted octanol–water partition coefficient (Wildman–Crippen LogP) is 2.10. The molecule has 0 radical (unpaired) electrons. The molecule has 0 saturated heterocycles. The molecule has 5 nitrogen and oxygen atoms in total. The quantitative estimate of drug-likeness (QED) is 0.617. The average molecular weight is 269 g/mol. The van der Waals surface area contributed by atoms with Gasteiger partial charge < -0.3 is 10.1 Å². The van der Waals surface area contributed by atoms with E-state index in [2.05, 4.69) is 15.4 Å². The Hall–Kier alpha value is -1.33. The van der Waals surface area contributed by atoms with Crippen LogP contribution in [0.5, 0.6) is 0 Å². The second-order valence-electron chi connectivity index (χ2n) is 3.97. The lowest BCUT2D eigenvalue weighted by molar-refractivity contribution is 0.149. The molecule has 98 valence electrons. The van der Waals surface area contributed by atoms with Crippen LogP contribution in [0.25, 0.3) is 5.52 Å². The van der Waals surface area contributed by atoms with Crippen LogP contribution in [0.3, 0.4) is 0 Å². The lowest BCUT2D eigenvalue weighted by Gasteiger charge is -2.06. The van der Waals surface area contributed by atoms with Crippen LogP contribution in [0.4, 0.5) is 5.82 Å². The third kappa shape index (κ3) is 3.34. The van der Waals surface area contributed by atoms with Gasteiger partial charge in [0.2, 0.25) is 0 Å². The molecule has 0 atom stereocenters. The lowest BCUT2D eigenvalue weighted by Crippen LogP contribution is -2.08. The van der Waals surface area contributed by atoms with Crippen molar-refractivity contribution in [3.8, 4) is 0 Å². The molecule has 6 heteroatoms. The molecule has 0 spiro atoms. The van der Waals surface area contributed by atoms with E-state index < -0.39 is 0 Å². The standard InChI is InChI=1S/C12H17ClN4O/c1-10-9-11-12(15-5-6-17(11)16-10)14-4-2-7-18-8-3-13/h5-6,9H,2-4,7-8H2,1H3,(H,14,15). The molecule has 0 fully saturated rings. The highest BCUT2D eigenvalue weighted by Crippen LogP contribution is 2.14. The van der Waals surface area contributed by atoms with Gasteiger partial charge in [-0.25, -0.2) is 9.50 Å². The Morgan fingerprint density at radius 3 is 3.17 bits per heavy atom. The molecule has 0 saturated carbocycles. The first kappa shape index (κ1) is 13.1. The molecule has 2 aromatic heterocycles. The fraction of sp³-hybridized carbons (Fsp3) is 0.500. The number of nitrogens with zero attached hydrogens (tertiary/aromatic N) is 3. The number of ether oxygens (including phenoxy) is 1. The number of anilines is 1. The third-order valence-corrected chi connectivity index (χ3v) is 2.65. The summed E-state index contributed by atoms with van der Waals surface area (Å²) in [4.78, 5) is 4.32. The van der Waals surface area contributed by atoms with Crippen LogP contribution in [-0.4, -0.2) is 40.2 Å². The lowest BCUT2D eigenvalue weighted by atomic mass is 10.4. The van der Waals surface area contributed by atoms with Gasteiger partial charge in [0.1, 0.15) is 5.52 Å². The Balaban J connectivity index is 1.87. The maximum atomic E-state index is 5.52. The van der Waals surface area contributed by atoms with Gasteiger partial charge in [0.05, 0.1) is 12.3 Å². The van der Waals surface area contributed by atoms with Gasteiger partial charge in [0.25, 0.3) is 0 Å². The van der Waals surface area contributed by atoms with Gasteiger partial charge in [-0.15, -0.1) is 11.6 Å². The maximum absolute atomic E-state index is 5.52. The van der Waals surface area contributed by atoms with Gasteiger partial charge in [0.15, 0.2) is 5.82 Å². The van der Waals surface area contributed by atoms with E-state index >= 15 is 0 Å². The minimum Gasteiger partial charge on any atom is -0.380 e. The molecule has 0 bridgehead atoms. The smallest absolute Gasteiger partial charge is 0.152 e. The van der Waals surface area contributed by atoms with Gasteiger partial charge in [0, 0.05) is 31.4 Å². The largest absolute Gasteiger partial charge is 0.380 e. The van der Waals surface area contributed by atoms with Crippen molar-refractivity contribution in [3.05, 3.63) is 24.2 Å². The number of halogens is 1. The van der Waals surface area contributed by atoms with E-state index in [0.29, 0.717) is 19.1 Å². The predicted molar refractivity (Wildman–Crippen MR) is 72.4 cm³/mol. The van der Waals surface area contributed by atoms with Crippen molar-refractivity contribution in [2.75, 3.05) is 31.0 Å². The van der Waals surface area contributed by atoms with Crippen molar-refractivity contribution < 1.29 is 4.74 Å². The van der Waals surface area contributed by atoms with E-state index in [0.717, 1.165) is 30.0 Å². The van der Waals surface area contributed by atoms with Crippen molar-refractivity contribution in [1.29, 1.82) is 0 Å². The van der Waals surface area contributed by atoms with Crippen LogP contribution < -0.4 is 5.32 Å². The first-order valence-corrected chi connectivity index (χ1v) is 6.53. The van der Waals surface area contributed by atoms with Crippen LogP contribution in [0.15, 0.2) is 18.5 Å². The summed E-state index contributed by atoms with van der Waals surface area (Å²) < 4.78 is 7.13. The Morgan fingerprint density at radius 1 is 1.44 bits per heavy atom. The molecule has 0 aromatic carbocycles. The molecule has 0 aliphatic heterocycles. The first-order chi connectivity index (χ1) is 8.81. The van der Waals surface area contributed by atoms with Gasteiger partial charge in [-0.2, -0.15) is 5.10 Å². The Labute approximate surface area is 111 Å². The Kier molecular flexibility index (Phi) is 4.78. The highest BCUT2D eigenvalue weighted by atomic mass is 35.5. The molecule has 0 aliphatic rings. The molecule has 2 heterocycles. The van der Waals surface area contributed by atoms with Crippen LogP contribution >= 0.6 is 11.6 Å². The van der Waals surface area contributed by atoms with Gasteiger partial charge in [-0.05, 0) is 19.4 Å². The zero-order valence-corrected chi connectivity index (χ0v) is 11.2. The number of aryl methyl sites for hydroxylation is 1. The van der Waals surface area contributed by atoms with Crippen LogP contribution in [0.1, 0.15) is 12.1 Å². The number of aromatic nitrogens is 3. The van der Waals surface area contributed by atoms with Gasteiger partial charge in [-0.3, -0.25) is 0 Å². The number of hydrogen-bond acceptors (Lipinski definition) is 4. The number of fused-ring (bicyclic) bond motifs is 1. The van der Waals surface area contributed by atoms with Crippen LogP contribution in [0, 0.1) is 6.92 Å². The molecule has 1 N–H and O–H groups in total. The van der Waals surface area contributed by atoms with Crippen molar-refractivity contribution in [2.45, 2.75) is 13.3 Å². The summed E-state index contributed by atoms with van der Waals surface area (Å²) in [5.41, 5.74) is 1.98. The normalized spacial score (nSPS) is 11.0. The number of alkyl halides is 1. The fourth-order valence-electron chi connectivity index (χ4n) is 1.72. The van der Waals surface area contributed by atoms with Gasteiger partial charge in [-0.1, -0.05) is 0 Å². The Bertz CT molecular complexity index is 500. The highest BCUT2D eigenvalue weighted by molar-refractivity contribution is 6.17. The molecule has 0 aliphatic carbocycles. The van der Waals surface area contributed by atoms with Crippen molar-refractivity contribution in [3.63, 3.8) is 0 Å². The summed E-state index contributed by atoms with van der Waals surface area (Å²) in [7, 11) is 0. The summed E-state index contributed by atoms with van der Waals surface area (Å²) in [5, 5.41) is 7.63. The van der Waals surface area contributed by atoms with Crippen molar-refractivity contribution in [1.82, 2.24) is 14.6 Å². The number of hydrogen-bond donors (Lipinski definition) is 1. The second-order valence-corrected chi connectivity index (χ2v) is 4.35. The van der Waals surface area contributed by atoms with Crippen molar-refractivity contribution >= 4 is 22.9 Å². The minimum absolute atomic E-state index is 0.545. The van der Waals surface area contributed by atoms with E-state index in [4.69, 9.17) is 16.3 Å². The summed E-state index contributed by atoms with van der Waals surface area (Å²) >= 11 is 5.52. The molecule has 0 unspecified atom stereocenters. The highest BCUT2D eigenvalue weighted by Gasteiger charge is 2.04.